The predicted molar refractivity (Wildman–Crippen MR) is 71.9 cm³/mol. The molecular formula is C11H17N5O3. The van der Waals surface area contributed by atoms with Gasteiger partial charge in [0.1, 0.15) is 11.6 Å². The van der Waals surface area contributed by atoms with E-state index in [0.29, 0.717) is 11.6 Å². The minimum absolute atomic E-state index is 0.0845. The third-order valence-electron chi connectivity index (χ3n) is 2.66. The molecule has 1 amide bonds. The van der Waals surface area contributed by atoms with Crippen LogP contribution in [0.2, 0.25) is 0 Å². The fourth-order valence-electron chi connectivity index (χ4n) is 1.24. The van der Waals surface area contributed by atoms with Crippen LogP contribution < -0.4 is 16.4 Å². The van der Waals surface area contributed by atoms with Gasteiger partial charge in [-0.1, -0.05) is 0 Å². The van der Waals surface area contributed by atoms with Gasteiger partial charge in [-0.3, -0.25) is 14.9 Å². The van der Waals surface area contributed by atoms with Gasteiger partial charge in [-0.2, -0.15) is 0 Å². The molecule has 0 aromatic carbocycles. The van der Waals surface area contributed by atoms with Crippen LogP contribution >= 0.6 is 0 Å². The van der Waals surface area contributed by atoms with E-state index in [1.807, 2.05) is 0 Å². The van der Waals surface area contributed by atoms with E-state index in [9.17, 15) is 14.9 Å². The van der Waals surface area contributed by atoms with Crippen molar-refractivity contribution in [2.45, 2.75) is 13.8 Å². The van der Waals surface area contributed by atoms with E-state index in [0.717, 1.165) is 0 Å². The summed E-state index contributed by atoms with van der Waals surface area (Å²) in [6.45, 7) is 3.59. The van der Waals surface area contributed by atoms with Crippen LogP contribution in [0, 0.1) is 15.5 Å². The number of nitrogens with one attached hydrogen (secondary N) is 2. The van der Waals surface area contributed by atoms with Gasteiger partial charge >= 0.3 is 0 Å². The topological polar surface area (TPSA) is 123 Å². The van der Waals surface area contributed by atoms with Crippen molar-refractivity contribution in [2.75, 3.05) is 24.2 Å². The van der Waals surface area contributed by atoms with Gasteiger partial charge < -0.3 is 16.4 Å². The Balaban J connectivity index is 2.92. The number of anilines is 2. The summed E-state index contributed by atoms with van der Waals surface area (Å²) in [4.78, 5) is 25.6. The highest BCUT2D eigenvalue weighted by molar-refractivity contribution is 5.80. The van der Waals surface area contributed by atoms with E-state index >= 15 is 0 Å². The normalized spacial score (nSPS) is 10.9. The highest BCUT2D eigenvalue weighted by Gasteiger charge is 2.25. The maximum atomic E-state index is 11.2. The first-order chi connectivity index (χ1) is 8.76. The van der Waals surface area contributed by atoms with Crippen molar-refractivity contribution in [3.05, 3.63) is 22.2 Å². The number of carbonyl (C=O) groups is 1. The second-order valence-corrected chi connectivity index (χ2v) is 4.70. The van der Waals surface area contributed by atoms with E-state index in [2.05, 4.69) is 15.6 Å². The fourth-order valence-corrected chi connectivity index (χ4v) is 1.24. The van der Waals surface area contributed by atoms with Gasteiger partial charge in [0, 0.05) is 13.6 Å². The van der Waals surface area contributed by atoms with Gasteiger partial charge in [-0.05, 0) is 13.8 Å². The summed E-state index contributed by atoms with van der Waals surface area (Å²) in [5.41, 5.74) is 4.39. The van der Waals surface area contributed by atoms with Crippen molar-refractivity contribution in [2.24, 2.45) is 11.1 Å². The number of primary amides is 1. The van der Waals surface area contributed by atoms with Crippen molar-refractivity contribution < 1.29 is 9.72 Å². The van der Waals surface area contributed by atoms with Crippen molar-refractivity contribution in [1.82, 2.24) is 4.98 Å². The Morgan fingerprint density at radius 3 is 2.53 bits per heavy atom. The third kappa shape index (κ3) is 3.80. The van der Waals surface area contributed by atoms with Crippen LogP contribution in [0.1, 0.15) is 13.8 Å². The lowest BCUT2D eigenvalue weighted by Crippen LogP contribution is -2.37. The lowest BCUT2D eigenvalue weighted by atomic mass is 9.93. The summed E-state index contributed by atoms with van der Waals surface area (Å²) >= 11 is 0. The van der Waals surface area contributed by atoms with Gasteiger partial charge in [-0.25, -0.2) is 4.98 Å². The zero-order valence-electron chi connectivity index (χ0n) is 11.1. The Labute approximate surface area is 110 Å². The standard InChI is InChI=1S/C11H17N5O3/c1-11(2,10(12)17)6-14-9-5-7(16(18)19)4-8(13-3)15-9/h4-5H,6H2,1-3H3,(H2,12,17)(H2,13,14,15). The smallest absolute Gasteiger partial charge is 0.276 e. The summed E-state index contributed by atoms with van der Waals surface area (Å²) in [5, 5.41) is 16.4. The molecule has 1 heterocycles. The SMILES string of the molecule is CNc1cc([N+](=O)[O-])cc(NCC(C)(C)C(N)=O)n1. The van der Waals surface area contributed by atoms with Gasteiger partial charge in [0.25, 0.3) is 5.69 Å². The third-order valence-corrected chi connectivity index (χ3v) is 2.66. The van der Waals surface area contributed by atoms with Crippen LogP contribution in [-0.4, -0.2) is 29.4 Å². The average molecular weight is 267 g/mol. The van der Waals surface area contributed by atoms with E-state index in [4.69, 9.17) is 5.73 Å². The van der Waals surface area contributed by atoms with Crippen LogP contribution in [0.25, 0.3) is 0 Å². The van der Waals surface area contributed by atoms with E-state index in [-0.39, 0.29) is 12.2 Å². The Hall–Kier alpha value is -2.38. The maximum Gasteiger partial charge on any atom is 0.276 e. The van der Waals surface area contributed by atoms with Gasteiger partial charge in [0.15, 0.2) is 0 Å². The molecule has 104 valence electrons. The molecule has 1 aromatic rings. The molecule has 0 aliphatic carbocycles. The molecule has 4 N–H and O–H groups in total. The lowest BCUT2D eigenvalue weighted by molar-refractivity contribution is -0.384. The molecule has 8 heteroatoms. The minimum Gasteiger partial charge on any atom is -0.373 e. The first kappa shape index (κ1) is 14.7. The minimum atomic E-state index is -0.772. The number of nitrogens with two attached hydrogens (primary N) is 1. The lowest BCUT2D eigenvalue weighted by Gasteiger charge is -2.21. The number of amides is 1. The van der Waals surface area contributed by atoms with Crippen molar-refractivity contribution in [3.8, 4) is 0 Å². The van der Waals surface area contributed by atoms with Crippen molar-refractivity contribution in [3.63, 3.8) is 0 Å². The predicted octanol–water partition coefficient (Wildman–Crippen LogP) is 0.955. The molecule has 0 unspecified atom stereocenters. The van der Waals surface area contributed by atoms with Crippen LogP contribution in [0.5, 0.6) is 0 Å². The maximum absolute atomic E-state index is 11.2. The number of rotatable bonds is 6. The number of nitro groups is 1. The first-order valence-electron chi connectivity index (χ1n) is 5.64. The highest BCUT2D eigenvalue weighted by atomic mass is 16.6. The van der Waals surface area contributed by atoms with Crippen LogP contribution in [0.4, 0.5) is 17.3 Å². The van der Waals surface area contributed by atoms with Crippen LogP contribution in [-0.2, 0) is 4.79 Å². The molecule has 8 nitrogen and oxygen atoms in total. The molecular weight excluding hydrogens is 250 g/mol. The molecule has 1 aromatic heterocycles. The molecule has 0 atom stereocenters. The molecule has 0 radical (unpaired) electrons. The van der Waals surface area contributed by atoms with Gasteiger partial charge in [-0.15, -0.1) is 0 Å². The number of carbonyl (C=O) groups excluding carboxylic acids is 1. The number of nitrogens with zero attached hydrogens (tertiary/aromatic N) is 2. The number of hydrogen-bond donors (Lipinski definition) is 3. The summed E-state index contributed by atoms with van der Waals surface area (Å²) < 4.78 is 0. The number of hydrogen-bond acceptors (Lipinski definition) is 6. The van der Waals surface area contributed by atoms with E-state index in [1.54, 1.807) is 20.9 Å². The Bertz CT molecular complexity index is 501. The second kappa shape index (κ2) is 5.51. The summed E-state index contributed by atoms with van der Waals surface area (Å²) in [6.07, 6.45) is 0. The Morgan fingerprint density at radius 1 is 1.47 bits per heavy atom. The average Bonchev–Trinajstić information content (AvgIpc) is 2.35. The molecule has 1 rings (SSSR count). The van der Waals surface area contributed by atoms with Crippen molar-refractivity contribution >= 4 is 23.2 Å². The largest absolute Gasteiger partial charge is 0.373 e. The van der Waals surface area contributed by atoms with E-state index in [1.165, 1.54) is 12.1 Å². The van der Waals surface area contributed by atoms with Gasteiger partial charge in [0.2, 0.25) is 5.91 Å². The second-order valence-electron chi connectivity index (χ2n) is 4.70. The first-order valence-corrected chi connectivity index (χ1v) is 5.64. The summed E-state index contributed by atoms with van der Waals surface area (Å²) in [5.74, 6) is 0.223. The molecule has 0 saturated heterocycles. The van der Waals surface area contributed by atoms with Crippen LogP contribution in [0.15, 0.2) is 12.1 Å². The summed E-state index contributed by atoms with van der Waals surface area (Å²) in [7, 11) is 1.61. The van der Waals surface area contributed by atoms with Gasteiger partial charge in [0.05, 0.1) is 22.5 Å². The molecule has 0 aliphatic rings. The molecule has 0 bridgehead atoms. The number of aromatic nitrogens is 1. The molecule has 19 heavy (non-hydrogen) atoms. The zero-order valence-corrected chi connectivity index (χ0v) is 11.1. The zero-order chi connectivity index (χ0) is 14.6. The van der Waals surface area contributed by atoms with E-state index < -0.39 is 16.2 Å². The van der Waals surface area contributed by atoms with Crippen molar-refractivity contribution in [1.29, 1.82) is 0 Å². The van der Waals surface area contributed by atoms with Crippen LogP contribution in [0.3, 0.4) is 0 Å². The molecule has 0 spiro atoms. The Kier molecular flexibility index (Phi) is 4.26. The molecule has 0 saturated carbocycles. The molecule has 0 fully saturated rings. The quantitative estimate of drug-likeness (QED) is 0.521. The molecule has 0 aliphatic heterocycles. The Morgan fingerprint density at radius 2 is 2.05 bits per heavy atom. The monoisotopic (exact) mass is 267 g/mol. The highest BCUT2D eigenvalue weighted by Crippen LogP contribution is 2.22. The fraction of sp³-hybridized carbons (Fsp3) is 0.455. The number of pyridine rings is 1. The summed E-state index contributed by atoms with van der Waals surface area (Å²) in [6, 6.07) is 2.63.